The molecule has 4 nitrogen and oxygen atoms in total. The third-order valence-corrected chi connectivity index (χ3v) is 4.46. The summed E-state index contributed by atoms with van der Waals surface area (Å²) in [6.45, 7) is 10.6. The second-order valence-corrected chi connectivity index (χ2v) is 6.29. The van der Waals surface area contributed by atoms with Gasteiger partial charge >= 0.3 is 0 Å². The Morgan fingerprint density at radius 1 is 0.955 bits per heavy atom. The van der Waals surface area contributed by atoms with E-state index in [1.165, 1.54) is 16.7 Å². The molecule has 1 saturated heterocycles. The number of nitrogens with zero attached hydrogens (tertiary/aromatic N) is 2. The van der Waals surface area contributed by atoms with E-state index in [9.17, 15) is 9.59 Å². The maximum absolute atomic E-state index is 12.6. The van der Waals surface area contributed by atoms with Crippen LogP contribution in [-0.4, -0.2) is 47.8 Å². The van der Waals surface area contributed by atoms with Crippen LogP contribution in [0.15, 0.2) is 12.1 Å². The fourth-order valence-electron chi connectivity index (χ4n) is 3.23. The molecule has 0 aliphatic carbocycles. The fourth-order valence-corrected chi connectivity index (χ4v) is 3.23. The van der Waals surface area contributed by atoms with E-state index in [1.54, 1.807) is 6.92 Å². The maximum atomic E-state index is 12.6. The van der Waals surface area contributed by atoms with E-state index in [-0.39, 0.29) is 11.8 Å². The monoisotopic (exact) mass is 302 g/mol. The number of rotatable bonds is 2. The number of benzene rings is 1. The zero-order chi connectivity index (χ0) is 16.3. The van der Waals surface area contributed by atoms with Gasteiger partial charge in [-0.2, -0.15) is 0 Å². The molecule has 1 aliphatic heterocycles. The summed E-state index contributed by atoms with van der Waals surface area (Å²) in [5, 5.41) is 0. The summed E-state index contributed by atoms with van der Waals surface area (Å²) in [5.41, 5.74) is 4.75. The summed E-state index contributed by atoms with van der Waals surface area (Å²) in [7, 11) is 0. The Kier molecular flexibility index (Phi) is 5.22. The molecular formula is C18H26N2O2. The van der Waals surface area contributed by atoms with Crippen molar-refractivity contribution in [2.75, 3.05) is 26.2 Å². The van der Waals surface area contributed by atoms with E-state index in [4.69, 9.17) is 0 Å². The molecule has 2 amide bonds. The Labute approximate surface area is 133 Å². The molecule has 1 fully saturated rings. The molecule has 22 heavy (non-hydrogen) atoms. The number of carbonyl (C=O) groups excluding carboxylic acids is 2. The lowest BCUT2D eigenvalue weighted by atomic mass is 9.97. The first-order valence-electron chi connectivity index (χ1n) is 7.98. The van der Waals surface area contributed by atoms with Gasteiger partial charge < -0.3 is 9.80 Å². The van der Waals surface area contributed by atoms with Gasteiger partial charge in [0.2, 0.25) is 11.8 Å². The van der Waals surface area contributed by atoms with Crippen molar-refractivity contribution in [1.82, 2.24) is 9.80 Å². The summed E-state index contributed by atoms with van der Waals surface area (Å²) in [6, 6.07) is 4.27. The first kappa shape index (κ1) is 16.5. The van der Waals surface area contributed by atoms with Crippen molar-refractivity contribution in [1.29, 1.82) is 0 Å². The Morgan fingerprint density at radius 2 is 1.50 bits per heavy atom. The molecular weight excluding hydrogens is 276 g/mol. The lowest BCUT2D eigenvalue weighted by molar-refractivity contribution is -0.132. The van der Waals surface area contributed by atoms with Crippen molar-refractivity contribution in [3.05, 3.63) is 34.4 Å². The molecule has 1 aromatic rings. The molecule has 0 radical (unpaired) electrons. The predicted octanol–water partition coefficient (Wildman–Crippen LogP) is 2.24. The minimum Gasteiger partial charge on any atom is -0.341 e. The lowest BCUT2D eigenvalue weighted by Gasteiger charge is -2.22. The molecule has 0 spiro atoms. The molecule has 0 atom stereocenters. The quantitative estimate of drug-likeness (QED) is 0.840. The van der Waals surface area contributed by atoms with Crippen molar-refractivity contribution in [2.24, 2.45) is 0 Å². The van der Waals surface area contributed by atoms with E-state index >= 15 is 0 Å². The Bertz CT molecular complexity index is 557. The molecule has 0 unspecified atom stereocenters. The van der Waals surface area contributed by atoms with Gasteiger partial charge in [0.25, 0.3) is 0 Å². The molecule has 1 aliphatic rings. The summed E-state index contributed by atoms with van der Waals surface area (Å²) in [5.74, 6) is 0.264. The summed E-state index contributed by atoms with van der Waals surface area (Å²) in [6.07, 6.45) is 1.31. The van der Waals surface area contributed by atoms with Crippen LogP contribution in [0.25, 0.3) is 0 Å². The molecule has 1 heterocycles. The van der Waals surface area contributed by atoms with Crippen molar-refractivity contribution in [3.8, 4) is 0 Å². The van der Waals surface area contributed by atoms with Crippen molar-refractivity contribution >= 4 is 11.8 Å². The largest absolute Gasteiger partial charge is 0.341 e. The number of hydrogen-bond donors (Lipinski definition) is 0. The summed E-state index contributed by atoms with van der Waals surface area (Å²) >= 11 is 0. The molecule has 0 bridgehead atoms. The van der Waals surface area contributed by atoms with Gasteiger partial charge in [0.15, 0.2) is 0 Å². The number of carbonyl (C=O) groups is 2. The Hall–Kier alpha value is -1.84. The highest BCUT2D eigenvalue weighted by molar-refractivity contribution is 5.80. The lowest BCUT2D eigenvalue weighted by Crippen LogP contribution is -2.37. The van der Waals surface area contributed by atoms with Crippen LogP contribution in [0.3, 0.4) is 0 Å². The molecule has 4 heteroatoms. The van der Waals surface area contributed by atoms with Gasteiger partial charge in [0.05, 0.1) is 6.42 Å². The van der Waals surface area contributed by atoms with E-state index in [1.807, 2.05) is 9.80 Å². The van der Waals surface area contributed by atoms with Crippen LogP contribution in [0, 0.1) is 20.8 Å². The maximum Gasteiger partial charge on any atom is 0.227 e. The summed E-state index contributed by atoms with van der Waals surface area (Å²) < 4.78 is 0. The average molecular weight is 302 g/mol. The standard InChI is InChI=1S/C18H26N2O2/c1-13-10-14(2)17(15(3)11-13)12-18(22)20-7-5-6-19(8-9-20)16(4)21/h10-11H,5-9,12H2,1-4H3. The molecule has 2 rings (SSSR count). The number of aryl methyl sites for hydroxylation is 3. The SMILES string of the molecule is CC(=O)N1CCCN(C(=O)Cc2c(C)cc(C)cc2C)CC1. The molecule has 0 N–H and O–H groups in total. The van der Waals surface area contributed by atoms with Crippen molar-refractivity contribution < 1.29 is 9.59 Å². The van der Waals surface area contributed by atoms with Gasteiger partial charge in [0.1, 0.15) is 0 Å². The second kappa shape index (κ2) is 6.95. The second-order valence-electron chi connectivity index (χ2n) is 6.29. The number of amides is 2. The van der Waals surface area contributed by atoms with Crippen LogP contribution in [0.4, 0.5) is 0 Å². The molecule has 120 valence electrons. The first-order chi connectivity index (χ1) is 10.4. The van der Waals surface area contributed by atoms with Gasteiger partial charge in [-0.1, -0.05) is 17.7 Å². The van der Waals surface area contributed by atoms with Gasteiger partial charge in [-0.05, 0) is 43.9 Å². The van der Waals surface area contributed by atoms with E-state index in [2.05, 4.69) is 32.9 Å². The van der Waals surface area contributed by atoms with E-state index in [0.29, 0.717) is 19.5 Å². The van der Waals surface area contributed by atoms with Crippen LogP contribution >= 0.6 is 0 Å². The third-order valence-electron chi connectivity index (χ3n) is 4.46. The number of hydrogen-bond acceptors (Lipinski definition) is 2. The van der Waals surface area contributed by atoms with Gasteiger partial charge in [-0.25, -0.2) is 0 Å². The molecule has 1 aromatic carbocycles. The average Bonchev–Trinajstić information content (AvgIpc) is 2.68. The van der Waals surface area contributed by atoms with Crippen LogP contribution in [0.1, 0.15) is 35.6 Å². The van der Waals surface area contributed by atoms with Crippen LogP contribution in [-0.2, 0) is 16.0 Å². The first-order valence-corrected chi connectivity index (χ1v) is 7.98. The van der Waals surface area contributed by atoms with Crippen molar-refractivity contribution in [3.63, 3.8) is 0 Å². The molecule has 0 aromatic heterocycles. The van der Waals surface area contributed by atoms with Crippen molar-refractivity contribution in [2.45, 2.75) is 40.5 Å². The highest BCUT2D eigenvalue weighted by Gasteiger charge is 2.21. The van der Waals surface area contributed by atoms with E-state index < -0.39 is 0 Å². The normalized spacial score (nSPS) is 15.6. The zero-order valence-electron chi connectivity index (χ0n) is 14.1. The minimum atomic E-state index is 0.0968. The fraction of sp³-hybridized carbons (Fsp3) is 0.556. The Morgan fingerprint density at radius 3 is 2.09 bits per heavy atom. The zero-order valence-corrected chi connectivity index (χ0v) is 14.1. The van der Waals surface area contributed by atoms with E-state index in [0.717, 1.165) is 25.1 Å². The van der Waals surface area contributed by atoms with Gasteiger partial charge in [-0.15, -0.1) is 0 Å². The topological polar surface area (TPSA) is 40.6 Å². The van der Waals surface area contributed by atoms with Crippen LogP contribution in [0.5, 0.6) is 0 Å². The minimum absolute atomic E-state index is 0.0968. The third kappa shape index (κ3) is 3.87. The van der Waals surface area contributed by atoms with Crippen LogP contribution in [0.2, 0.25) is 0 Å². The molecule has 0 saturated carbocycles. The van der Waals surface area contributed by atoms with Gasteiger partial charge in [-0.3, -0.25) is 9.59 Å². The predicted molar refractivity (Wildman–Crippen MR) is 87.8 cm³/mol. The van der Waals surface area contributed by atoms with Crippen LogP contribution < -0.4 is 0 Å². The highest BCUT2D eigenvalue weighted by atomic mass is 16.2. The summed E-state index contributed by atoms with van der Waals surface area (Å²) in [4.78, 5) is 27.8. The van der Waals surface area contributed by atoms with Gasteiger partial charge in [0, 0.05) is 33.1 Å². The smallest absolute Gasteiger partial charge is 0.227 e. The highest BCUT2D eigenvalue weighted by Crippen LogP contribution is 2.18. The Balaban J connectivity index is 2.05.